The molecule has 0 saturated carbocycles. The summed E-state index contributed by atoms with van der Waals surface area (Å²) in [4.78, 5) is 10.5. The van der Waals surface area contributed by atoms with Crippen molar-refractivity contribution >= 4 is 54.3 Å². The van der Waals surface area contributed by atoms with Crippen molar-refractivity contribution in [2.75, 3.05) is 0 Å². The Labute approximate surface area is 317 Å². The van der Waals surface area contributed by atoms with Crippen LogP contribution in [0.2, 0.25) is 0 Å². The molecule has 0 bridgehead atoms. The fourth-order valence-corrected chi connectivity index (χ4v) is 8.24. The van der Waals surface area contributed by atoms with E-state index in [0.29, 0.717) is 5.82 Å². The van der Waals surface area contributed by atoms with Crippen LogP contribution in [0.15, 0.2) is 199 Å². The third kappa shape index (κ3) is 5.28. The standard InChI is InChI=1S/C52H32N2O/c1-3-13-33(14-4-1)35-17-11-18-38(29-35)48-32-47(34-15-5-2-6-16-34)53-52(54-48)44-23-12-24-50-51(44)46-31-37(26-28-49(46)55-50)36-25-27-43-41-21-8-7-19-39(41)40-20-9-10-22-42(40)45(43)30-36/h1-32H. The van der Waals surface area contributed by atoms with Crippen LogP contribution in [-0.2, 0) is 0 Å². The first kappa shape index (κ1) is 31.2. The first-order chi connectivity index (χ1) is 27.2. The molecule has 0 saturated heterocycles. The molecule has 0 fully saturated rings. The Morgan fingerprint density at radius 2 is 0.800 bits per heavy atom. The summed E-state index contributed by atoms with van der Waals surface area (Å²) >= 11 is 0. The van der Waals surface area contributed by atoms with Gasteiger partial charge in [-0.05, 0) is 91.0 Å². The molecule has 0 N–H and O–H groups in total. The highest BCUT2D eigenvalue weighted by Gasteiger charge is 2.18. The van der Waals surface area contributed by atoms with Crippen molar-refractivity contribution in [1.82, 2.24) is 9.97 Å². The van der Waals surface area contributed by atoms with Crippen LogP contribution in [-0.4, -0.2) is 9.97 Å². The lowest BCUT2D eigenvalue weighted by Gasteiger charge is -2.12. The van der Waals surface area contributed by atoms with Crippen molar-refractivity contribution in [3.8, 4) is 56.2 Å². The fourth-order valence-electron chi connectivity index (χ4n) is 8.24. The number of hydrogen-bond donors (Lipinski definition) is 0. The van der Waals surface area contributed by atoms with Crippen molar-refractivity contribution in [3.63, 3.8) is 0 Å². The first-order valence-corrected chi connectivity index (χ1v) is 18.6. The third-order valence-electron chi connectivity index (χ3n) is 10.9. The Bertz CT molecular complexity index is 3220. The average Bonchev–Trinajstić information content (AvgIpc) is 3.65. The number of hydrogen-bond acceptors (Lipinski definition) is 3. The van der Waals surface area contributed by atoms with E-state index in [2.05, 4.69) is 170 Å². The SMILES string of the molecule is c1ccc(-c2cccc(-c3cc(-c4ccccc4)nc(-c4cccc5oc6ccc(-c7ccc8c9ccccc9c9ccccc9c8c7)cc6c45)n3)c2)cc1. The monoisotopic (exact) mass is 700 g/mol. The largest absolute Gasteiger partial charge is 0.456 e. The van der Waals surface area contributed by atoms with E-state index in [1.807, 2.05) is 24.3 Å². The minimum Gasteiger partial charge on any atom is -0.456 e. The Kier molecular flexibility index (Phi) is 7.17. The third-order valence-corrected chi connectivity index (χ3v) is 10.9. The van der Waals surface area contributed by atoms with Crippen molar-refractivity contribution in [3.05, 3.63) is 194 Å². The maximum Gasteiger partial charge on any atom is 0.161 e. The summed E-state index contributed by atoms with van der Waals surface area (Å²) in [5.41, 5.74) is 11.0. The van der Waals surface area contributed by atoms with E-state index < -0.39 is 0 Å². The maximum atomic E-state index is 6.52. The molecule has 3 heteroatoms. The summed E-state index contributed by atoms with van der Waals surface area (Å²) in [6.45, 7) is 0. The van der Waals surface area contributed by atoms with Crippen molar-refractivity contribution in [2.24, 2.45) is 0 Å². The smallest absolute Gasteiger partial charge is 0.161 e. The van der Waals surface area contributed by atoms with Gasteiger partial charge in [0.15, 0.2) is 5.82 Å². The van der Waals surface area contributed by atoms with Gasteiger partial charge < -0.3 is 4.42 Å². The summed E-state index contributed by atoms with van der Waals surface area (Å²) in [6.07, 6.45) is 0. The number of benzene rings is 9. The van der Waals surface area contributed by atoms with E-state index in [0.717, 1.165) is 66.7 Å². The van der Waals surface area contributed by atoms with Crippen molar-refractivity contribution in [1.29, 1.82) is 0 Å². The van der Waals surface area contributed by atoms with E-state index in [9.17, 15) is 0 Å². The van der Waals surface area contributed by atoms with Gasteiger partial charge in [-0.1, -0.05) is 158 Å². The number of rotatable bonds is 5. The second-order valence-corrected chi connectivity index (χ2v) is 14.1. The molecule has 0 aliphatic carbocycles. The Morgan fingerprint density at radius 1 is 0.291 bits per heavy atom. The average molecular weight is 701 g/mol. The molecule has 0 aliphatic rings. The fraction of sp³-hybridized carbons (Fsp3) is 0. The molecule has 2 heterocycles. The molecule has 55 heavy (non-hydrogen) atoms. The molecule has 0 spiro atoms. The molecule has 2 aromatic heterocycles. The molecule has 11 rings (SSSR count). The first-order valence-electron chi connectivity index (χ1n) is 18.6. The van der Waals surface area contributed by atoms with Crippen molar-refractivity contribution in [2.45, 2.75) is 0 Å². The molecular formula is C52H32N2O. The quantitative estimate of drug-likeness (QED) is 0.168. The zero-order valence-electron chi connectivity index (χ0n) is 29.8. The number of nitrogens with zero attached hydrogens (tertiary/aromatic N) is 2. The second-order valence-electron chi connectivity index (χ2n) is 14.1. The van der Waals surface area contributed by atoms with Crippen LogP contribution in [0, 0.1) is 0 Å². The predicted octanol–water partition coefficient (Wildman–Crippen LogP) is 14.2. The number of furan rings is 1. The minimum absolute atomic E-state index is 0.657. The molecule has 0 unspecified atom stereocenters. The Hall–Kier alpha value is -7.36. The predicted molar refractivity (Wildman–Crippen MR) is 229 cm³/mol. The van der Waals surface area contributed by atoms with Gasteiger partial charge in [0, 0.05) is 27.5 Å². The lowest BCUT2D eigenvalue weighted by Crippen LogP contribution is -1.96. The van der Waals surface area contributed by atoms with Crippen LogP contribution in [0.5, 0.6) is 0 Å². The van der Waals surface area contributed by atoms with Gasteiger partial charge in [0.25, 0.3) is 0 Å². The van der Waals surface area contributed by atoms with Gasteiger partial charge in [0.05, 0.1) is 11.4 Å². The minimum atomic E-state index is 0.657. The number of aromatic nitrogens is 2. The zero-order valence-corrected chi connectivity index (χ0v) is 29.8. The summed E-state index contributed by atoms with van der Waals surface area (Å²) in [5.74, 6) is 0.657. The van der Waals surface area contributed by atoms with Gasteiger partial charge in [0.1, 0.15) is 11.2 Å². The van der Waals surface area contributed by atoms with Gasteiger partial charge in [-0.25, -0.2) is 9.97 Å². The molecule has 11 aromatic rings. The summed E-state index contributed by atoms with van der Waals surface area (Å²) in [6, 6.07) is 68.5. The van der Waals surface area contributed by atoms with Gasteiger partial charge in [-0.2, -0.15) is 0 Å². The van der Waals surface area contributed by atoms with Gasteiger partial charge in [0.2, 0.25) is 0 Å². The van der Waals surface area contributed by atoms with Crippen LogP contribution in [0.1, 0.15) is 0 Å². The summed E-state index contributed by atoms with van der Waals surface area (Å²) in [5, 5.41) is 9.63. The topological polar surface area (TPSA) is 38.9 Å². The van der Waals surface area contributed by atoms with E-state index in [-0.39, 0.29) is 0 Å². The second kappa shape index (κ2) is 12.6. The van der Waals surface area contributed by atoms with Crippen LogP contribution in [0.3, 0.4) is 0 Å². The lowest BCUT2D eigenvalue weighted by molar-refractivity contribution is 0.669. The van der Waals surface area contributed by atoms with Crippen LogP contribution >= 0.6 is 0 Å². The Balaban J connectivity index is 1.10. The van der Waals surface area contributed by atoms with E-state index in [1.54, 1.807) is 0 Å². The highest BCUT2D eigenvalue weighted by atomic mass is 16.3. The molecule has 3 nitrogen and oxygen atoms in total. The lowest BCUT2D eigenvalue weighted by atomic mass is 9.92. The molecule has 256 valence electrons. The normalized spacial score (nSPS) is 11.6. The van der Waals surface area contributed by atoms with Gasteiger partial charge >= 0.3 is 0 Å². The van der Waals surface area contributed by atoms with Crippen LogP contribution < -0.4 is 0 Å². The van der Waals surface area contributed by atoms with Gasteiger partial charge in [-0.3, -0.25) is 0 Å². The highest BCUT2D eigenvalue weighted by Crippen LogP contribution is 2.41. The number of fused-ring (bicyclic) bond motifs is 9. The molecule has 0 amide bonds. The van der Waals surface area contributed by atoms with Crippen LogP contribution in [0.25, 0.3) is 110 Å². The van der Waals surface area contributed by atoms with Crippen molar-refractivity contribution < 1.29 is 4.42 Å². The molecular weight excluding hydrogens is 669 g/mol. The maximum absolute atomic E-state index is 6.52. The van der Waals surface area contributed by atoms with E-state index in [1.165, 1.54) is 37.9 Å². The molecule has 0 aliphatic heterocycles. The van der Waals surface area contributed by atoms with Gasteiger partial charge in [-0.15, -0.1) is 0 Å². The van der Waals surface area contributed by atoms with E-state index in [4.69, 9.17) is 14.4 Å². The summed E-state index contributed by atoms with van der Waals surface area (Å²) < 4.78 is 6.52. The van der Waals surface area contributed by atoms with Crippen LogP contribution in [0.4, 0.5) is 0 Å². The van der Waals surface area contributed by atoms with E-state index >= 15 is 0 Å². The Morgan fingerprint density at radius 3 is 1.51 bits per heavy atom. The molecule has 0 radical (unpaired) electrons. The molecule has 9 aromatic carbocycles. The summed E-state index contributed by atoms with van der Waals surface area (Å²) in [7, 11) is 0. The zero-order chi connectivity index (χ0) is 36.3. The molecule has 0 atom stereocenters. The highest BCUT2D eigenvalue weighted by molar-refractivity contribution is 6.26.